The monoisotopic (exact) mass is 366 g/mol. The highest BCUT2D eigenvalue weighted by Crippen LogP contribution is 2.28. The van der Waals surface area contributed by atoms with E-state index in [2.05, 4.69) is 31.2 Å². The molecule has 7 heteroatoms. The number of hydrogen-bond donors (Lipinski definition) is 1. The lowest BCUT2D eigenvalue weighted by atomic mass is 9.93. The van der Waals surface area contributed by atoms with Crippen molar-refractivity contribution < 1.29 is 0 Å². The molecule has 26 heavy (non-hydrogen) atoms. The van der Waals surface area contributed by atoms with Crippen molar-refractivity contribution in [1.29, 1.82) is 0 Å². The van der Waals surface area contributed by atoms with E-state index in [0.717, 1.165) is 43.3 Å². The Morgan fingerprint density at radius 3 is 2.77 bits per heavy atom. The van der Waals surface area contributed by atoms with Gasteiger partial charge in [-0.15, -0.1) is 11.3 Å². The Morgan fingerprint density at radius 2 is 2.04 bits per heavy atom. The highest BCUT2D eigenvalue weighted by Gasteiger charge is 2.22. The first-order valence-electron chi connectivity index (χ1n) is 8.90. The van der Waals surface area contributed by atoms with Crippen LogP contribution in [-0.2, 0) is 6.54 Å². The molecule has 0 unspecified atom stereocenters. The summed E-state index contributed by atoms with van der Waals surface area (Å²) in [7, 11) is 0. The molecule has 1 saturated heterocycles. The summed E-state index contributed by atoms with van der Waals surface area (Å²) >= 11 is 1.61. The lowest BCUT2D eigenvalue weighted by molar-refractivity contribution is 0.203. The summed E-state index contributed by atoms with van der Waals surface area (Å²) < 4.78 is 0. The van der Waals surface area contributed by atoms with Crippen LogP contribution in [0, 0.1) is 6.92 Å². The number of nitrogens with one attached hydrogen (secondary N) is 1. The number of piperidine rings is 1. The average Bonchev–Trinajstić information content (AvgIpc) is 3.08. The van der Waals surface area contributed by atoms with Crippen LogP contribution < -0.4 is 5.32 Å². The van der Waals surface area contributed by atoms with Crippen molar-refractivity contribution in [2.45, 2.75) is 32.2 Å². The molecule has 1 N–H and O–H groups in total. The maximum Gasteiger partial charge on any atom is 0.229 e. The molecule has 4 heterocycles. The Morgan fingerprint density at radius 1 is 1.15 bits per heavy atom. The molecule has 0 spiro atoms. The maximum absolute atomic E-state index is 4.73. The molecule has 1 aliphatic heterocycles. The first kappa shape index (κ1) is 17.1. The minimum absolute atomic E-state index is 0.488. The molecular weight excluding hydrogens is 344 g/mol. The van der Waals surface area contributed by atoms with E-state index in [-0.39, 0.29) is 0 Å². The van der Waals surface area contributed by atoms with Gasteiger partial charge in [-0.05, 0) is 50.6 Å². The fourth-order valence-electron chi connectivity index (χ4n) is 3.31. The van der Waals surface area contributed by atoms with Gasteiger partial charge >= 0.3 is 0 Å². The topological polar surface area (TPSA) is 66.8 Å². The summed E-state index contributed by atoms with van der Waals surface area (Å²) in [4.78, 5) is 21.2. The van der Waals surface area contributed by atoms with Gasteiger partial charge in [0.2, 0.25) is 5.95 Å². The number of thiazole rings is 1. The van der Waals surface area contributed by atoms with E-state index >= 15 is 0 Å². The standard InChI is InChI=1S/C19H22N6S/c1-14-11-22-19(26-14)24-18-21-8-4-17(23-18)16-5-9-25(10-6-16)13-15-3-2-7-20-12-15/h2-4,7-8,11-12,16H,5-6,9-10,13H2,1H3,(H,21,22,23,24). The van der Waals surface area contributed by atoms with Gasteiger partial charge in [0.25, 0.3) is 0 Å². The molecule has 1 aliphatic rings. The molecule has 3 aromatic rings. The highest BCUT2D eigenvalue weighted by molar-refractivity contribution is 7.15. The van der Waals surface area contributed by atoms with Gasteiger partial charge in [0.1, 0.15) is 0 Å². The van der Waals surface area contributed by atoms with Crippen LogP contribution in [-0.4, -0.2) is 37.9 Å². The third-order valence-corrected chi connectivity index (χ3v) is 5.48. The Bertz CT molecular complexity index is 842. The molecule has 1 fully saturated rings. The van der Waals surface area contributed by atoms with Crippen molar-refractivity contribution >= 4 is 22.4 Å². The van der Waals surface area contributed by atoms with Gasteiger partial charge in [-0.25, -0.2) is 15.0 Å². The van der Waals surface area contributed by atoms with Crippen LogP contribution in [0.5, 0.6) is 0 Å². The molecule has 0 aliphatic carbocycles. The minimum Gasteiger partial charge on any atom is -0.300 e. The first-order chi connectivity index (χ1) is 12.8. The van der Waals surface area contributed by atoms with Gasteiger partial charge in [0.15, 0.2) is 5.13 Å². The zero-order valence-corrected chi connectivity index (χ0v) is 15.6. The van der Waals surface area contributed by atoms with E-state index in [4.69, 9.17) is 4.98 Å². The van der Waals surface area contributed by atoms with Crippen LogP contribution >= 0.6 is 11.3 Å². The average molecular weight is 366 g/mol. The van der Waals surface area contributed by atoms with Crippen LogP contribution in [0.3, 0.4) is 0 Å². The van der Waals surface area contributed by atoms with Crippen LogP contribution in [0.4, 0.5) is 11.1 Å². The fraction of sp³-hybridized carbons (Fsp3) is 0.368. The highest BCUT2D eigenvalue weighted by atomic mass is 32.1. The second kappa shape index (κ2) is 7.88. The minimum atomic E-state index is 0.488. The van der Waals surface area contributed by atoms with Crippen molar-refractivity contribution in [1.82, 2.24) is 24.8 Å². The third-order valence-electron chi connectivity index (χ3n) is 4.65. The maximum atomic E-state index is 4.73. The lowest BCUT2D eigenvalue weighted by Gasteiger charge is -2.31. The molecule has 3 aromatic heterocycles. The first-order valence-corrected chi connectivity index (χ1v) is 9.71. The SMILES string of the molecule is Cc1cnc(Nc2nccc(C3CCN(Cc4cccnc4)CC3)n2)s1. The number of pyridine rings is 1. The van der Waals surface area contributed by atoms with Crippen LogP contribution in [0.15, 0.2) is 43.0 Å². The molecular formula is C19H22N6S. The predicted molar refractivity (Wildman–Crippen MR) is 104 cm³/mol. The van der Waals surface area contributed by atoms with Gasteiger partial charge < -0.3 is 5.32 Å². The van der Waals surface area contributed by atoms with Crippen molar-refractivity contribution in [3.05, 3.63) is 59.1 Å². The molecule has 0 saturated carbocycles. The number of likely N-dealkylation sites (tertiary alicyclic amines) is 1. The second-order valence-corrected chi connectivity index (χ2v) is 7.85. The number of hydrogen-bond acceptors (Lipinski definition) is 7. The Labute approximate surface area is 157 Å². The summed E-state index contributed by atoms with van der Waals surface area (Å²) in [6.07, 6.45) is 9.71. The van der Waals surface area contributed by atoms with Crippen molar-refractivity contribution in [2.24, 2.45) is 0 Å². The molecule has 0 amide bonds. The molecule has 4 rings (SSSR count). The summed E-state index contributed by atoms with van der Waals surface area (Å²) in [5, 5.41) is 4.05. The largest absolute Gasteiger partial charge is 0.300 e. The predicted octanol–water partition coefficient (Wildman–Crippen LogP) is 3.76. The van der Waals surface area contributed by atoms with Gasteiger partial charge in [0, 0.05) is 47.8 Å². The molecule has 0 atom stereocenters. The number of aryl methyl sites for hydroxylation is 1. The smallest absolute Gasteiger partial charge is 0.229 e. The normalized spacial score (nSPS) is 15.9. The van der Waals surface area contributed by atoms with E-state index < -0.39 is 0 Å². The summed E-state index contributed by atoms with van der Waals surface area (Å²) in [5.74, 6) is 1.12. The number of rotatable bonds is 5. The summed E-state index contributed by atoms with van der Waals surface area (Å²) in [6.45, 7) is 5.18. The van der Waals surface area contributed by atoms with Crippen LogP contribution in [0.25, 0.3) is 0 Å². The molecule has 134 valence electrons. The molecule has 6 nitrogen and oxygen atoms in total. The third kappa shape index (κ3) is 4.23. The number of aromatic nitrogens is 4. The molecule has 0 aromatic carbocycles. The zero-order chi connectivity index (χ0) is 17.8. The van der Waals surface area contributed by atoms with E-state index in [1.165, 1.54) is 10.4 Å². The Kier molecular flexibility index (Phi) is 5.17. The van der Waals surface area contributed by atoms with Crippen LogP contribution in [0.2, 0.25) is 0 Å². The van der Waals surface area contributed by atoms with E-state index in [0.29, 0.717) is 11.9 Å². The van der Waals surface area contributed by atoms with E-state index in [1.807, 2.05) is 43.8 Å². The number of nitrogens with zero attached hydrogens (tertiary/aromatic N) is 5. The Balaban J connectivity index is 1.36. The Hall–Kier alpha value is -2.38. The van der Waals surface area contributed by atoms with Gasteiger partial charge in [-0.2, -0.15) is 0 Å². The van der Waals surface area contributed by atoms with E-state index in [9.17, 15) is 0 Å². The van der Waals surface area contributed by atoms with Crippen molar-refractivity contribution in [3.63, 3.8) is 0 Å². The summed E-state index contributed by atoms with van der Waals surface area (Å²) in [5.41, 5.74) is 2.40. The zero-order valence-electron chi connectivity index (χ0n) is 14.8. The van der Waals surface area contributed by atoms with Gasteiger partial charge in [-0.1, -0.05) is 6.07 Å². The summed E-state index contributed by atoms with van der Waals surface area (Å²) in [6, 6.07) is 6.18. The van der Waals surface area contributed by atoms with Crippen molar-refractivity contribution in [3.8, 4) is 0 Å². The fourth-order valence-corrected chi connectivity index (χ4v) is 3.96. The molecule has 0 radical (unpaired) electrons. The lowest BCUT2D eigenvalue weighted by Crippen LogP contribution is -2.32. The van der Waals surface area contributed by atoms with Crippen LogP contribution in [0.1, 0.15) is 34.9 Å². The van der Waals surface area contributed by atoms with Crippen molar-refractivity contribution in [2.75, 3.05) is 18.4 Å². The number of anilines is 2. The van der Waals surface area contributed by atoms with Gasteiger partial charge in [-0.3, -0.25) is 9.88 Å². The van der Waals surface area contributed by atoms with E-state index in [1.54, 1.807) is 11.3 Å². The quantitative estimate of drug-likeness (QED) is 0.742. The molecule has 0 bridgehead atoms. The van der Waals surface area contributed by atoms with Gasteiger partial charge in [0.05, 0.1) is 0 Å². The second-order valence-electron chi connectivity index (χ2n) is 6.62.